The zero-order valence-electron chi connectivity index (χ0n) is 8.43. The van der Waals surface area contributed by atoms with Crippen molar-refractivity contribution in [2.75, 3.05) is 0 Å². The van der Waals surface area contributed by atoms with Crippen LogP contribution in [0, 0.1) is 0 Å². The lowest BCUT2D eigenvalue weighted by molar-refractivity contribution is 0.460. The zero-order valence-corrected chi connectivity index (χ0v) is 10.8. The summed E-state index contributed by atoms with van der Waals surface area (Å²) in [6.07, 6.45) is 0.618. The number of phenolic OH excluding ortho intramolecular Hbond substituents is 1. The summed E-state index contributed by atoms with van der Waals surface area (Å²) < 4.78 is 0.762. The summed E-state index contributed by atoms with van der Waals surface area (Å²) in [6, 6.07) is 3.10. The first-order valence-corrected chi connectivity index (χ1v) is 5.67. The van der Waals surface area contributed by atoms with Crippen molar-refractivity contribution in [3.63, 3.8) is 0 Å². The fraction of sp³-hybridized carbons (Fsp3) is 0.273. The number of hydrogen-bond acceptors (Lipinski definition) is 2. The molecule has 0 fully saturated rings. The Kier molecular flexibility index (Phi) is 4.20. The van der Waals surface area contributed by atoms with Crippen LogP contribution in [0.1, 0.15) is 24.9 Å². The van der Waals surface area contributed by atoms with Gasteiger partial charge < -0.3 is 10.8 Å². The van der Waals surface area contributed by atoms with Crippen LogP contribution in [-0.2, 0) is 0 Å². The second-order valence-corrected chi connectivity index (χ2v) is 4.82. The molecular formula is C11H13BrClNO. The van der Waals surface area contributed by atoms with Crippen LogP contribution in [0.2, 0.25) is 5.02 Å². The number of rotatable bonds is 3. The zero-order chi connectivity index (χ0) is 11.6. The lowest BCUT2D eigenvalue weighted by Gasteiger charge is -2.16. The van der Waals surface area contributed by atoms with E-state index in [1.54, 1.807) is 12.1 Å². The summed E-state index contributed by atoms with van der Waals surface area (Å²) in [5.41, 5.74) is 7.55. The van der Waals surface area contributed by atoms with Gasteiger partial charge in [-0.2, -0.15) is 0 Å². The molecule has 1 aromatic rings. The first-order chi connectivity index (χ1) is 6.93. The Balaban J connectivity index is 3.12. The largest absolute Gasteiger partial charge is 0.506 e. The molecule has 0 bridgehead atoms. The van der Waals surface area contributed by atoms with Gasteiger partial charge in [-0.05, 0) is 25.5 Å². The fourth-order valence-electron chi connectivity index (χ4n) is 1.39. The van der Waals surface area contributed by atoms with E-state index >= 15 is 0 Å². The monoisotopic (exact) mass is 289 g/mol. The van der Waals surface area contributed by atoms with Crippen molar-refractivity contribution in [3.05, 3.63) is 39.3 Å². The molecule has 0 aliphatic carbocycles. The molecule has 0 aromatic heterocycles. The maximum Gasteiger partial charge on any atom is 0.140 e. The van der Waals surface area contributed by atoms with Crippen LogP contribution in [0.25, 0.3) is 0 Å². The second kappa shape index (κ2) is 5.01. The summed E-state index contributed by atoms with van der Waals surface area (Å²) >= 11 is 9.16. The summed E-state index contributed by atoms with van der Waals surface area (Å²) in [5, 5.41) is 10.1. The molecule has 0 amide bonds. The first-order valence-electron chi connectivity index (χ1n) is 4.50. The van der Waals surface area contributed by atoms with E-state index in [1.165, 1.54) is 0 Å². The molecule has 1 atom stereocenters. The molecule has 15 heavy (non-hydrogen) atoms. The van der Waals surface area contributed by atoms with Crippen molar-refractivity contribution in [2.24, 2.45) is 5.73 Å². The van der Waals surface area contributed by atoms with Gasteiger partial charge in [0.15, 0.2) is 0 Å². The smallest absolute Gasteiger partial charge is 0.140 e. The van der Waals surface area contributed by atoms with E-state index in [0.29, 0.717) is 17.0 Å². The van der Waals surface area contributed by atoms with Crippen LogP contribution in [-0.4, -0.2) is 5.11 Å². The molecular weight excluding hydrogens is 277 g/mol. The Morgan fingerprint density at radius 1 is 1.67 bits per heavy atom. The van der Waals surface area contributed by atoms with Gasteiger partial charge in [0.1, 0.15) is 5.75 Å². The maximum absolute atomic E-state index is 9.79. The molecule has 0 aliphatic heterocycles. The molecule has 0 heterocycles. The summed E-state index contributed by atoms with van der Waals surface area (Å²) in [6.45, 7) is 5.69. The summed E-state index contributed by atoms with van der Waals surface area (Å²) in [5.74, 6) is 0.0415. The van der Waals surface area contributed by atoms with Crippen LogP contribution in [0.15, 0.2) is 28.8 Å². The maximum atomic E-state index is 9.79. The highest BCUT2D eigenvalue weighted by molar-refractivity contribution is 9.10. The highest BCUT2D eigenvalue weighted by atomic mass is 79.9. The van der Waals surface area contributed by atoms with Crippen molar-refractivity contribution < 1.29 is 5.11 Å². The minimum atomic E-state index is -0.296. The molecule has 0 saturated heterocycles. The Morgan fingerprint density at radius 3 is 2.80 bits per heavy atom. The summed E-state index contributed by atoms with van der Waals surface area (Å²) in [4.78, 5) is 0. The van der Waals surface area contributed by atoms with E-state index in [4.69, 9.17) is 17.3 Å². The molecule has 4 heteroatoms. The number of aromatic hydroxyl groups is 1. The van der Waals surface area contributed by atoms with E-state index in [9.17, 15) is 5.11 Å². The SMILES string of the molecule is C=C(C)C[C@H](N)c1c(Br)ccc(Cl)c1O. The highest BCUT2D eigenvalue weighted by Crippen LogP contribution is 2.37. The van der Waals surface area contributed by atoms with Crippen LogP contribution < -0.4 is 5.73 Å². The minimum absolute atomic E-state index is 0.0415. The molecule has 1 rings (SSSR count). The van der Waals surface area contributed by atoms with Gasteiger partial charge in [-0.25, -0.2) is 0 Å². The molecule has 0 spiro atoms. The molecule has 0 aliphatic rings. The average molecular weight is 291 g/mol. The number of halogens is 2. The second-order valence-electron chi connectivity index (χ2n) is 3.56. The normalized spacial score (nSPS) is 12.5. The Labute approximate surface area is 103 Å². The molecule has 0 unspecified atom stereocenters. The quantitative estimate of drug-likeness (QED) is 0.832. The van der Waals surface area contributed by atoms with E-state index in [-0.39, 0.29) is 11.8 Å². The van der Waals surface area contributed by atoms with E-state index in [1.807, 2.05) is 6.92 Å². The number of benzene rings is 1. The van der Waals surface area contributed by atoms with Gasteiger partial charge in [-0.15, -0.1) is 6.58 Å². The number of nitrogens with two attached hydrogens (primary N) is 1. The van der Waals surface area contributed by atoms with Crippen LogP contribution in [0.3, 0.4) is 0 Å². The molecule has 2 nitrogen and oxygen atoms in total. The van der Waals surface area contributed by atoms with Crippen molar-refractivity contribution in [3.8, 4) is 5.75 Å². The van der Waals surface area contributed by atoms with Crippen molar-refractivity contribution in [2.45, 2.75) is 19.4 Å². The van der Waals surface area contributed by atoms with Gasteiger partial charge in [0, 0.05) is 16.1 Å². The highest BCUT2D eigenvalue weighted by Gasteiger charge is 2.16. The third kappa shape index (κ3) is 2.97. The van der Waals surface area contributed by atoms with Crippen molar-refractivity contribution >= 4 is 27.5 Å². The van der Waals surface area contributed by atoms with E-state index in [0.717, 1.165) is 10.0 Å². The molecule has 0 saturated carbocycles. The van der Waals surface area contributed by atoms with Gasteiger partial charge in [0.2, 0.25) is 0 Å². The predicted octanol–water partition coefficient (Wildman–Crippen LogP) is 3.77. The van der Waals surface area contributed by atoms with Gasteiger partial charge >= 0.3 is 0 Å². The lowest BCUT2D eigenvalue weighted by atomic mass is 10.0. The van der Waals surface area contributed by atoms with Gasteiger partial charge in [0.25, 0.3) is 0 Å². The van der Waals surface area contributed by atoms with Crippen LogP contribution in [0.4, 0.5) is 0 Å². The predicted molar refractivity (Wildman–Crippen MR) is 67.2 cm³/mol. The van der Waals surface area contributed by atoms with Crippen LogP contribution >= 0.6 is 27.5 Å². The van der Waals surface area contributed by atoms with Crippen molar-refractivity contribution in [1.29, 1.82) is 0 Å². The fourth-order valence-corrected chi connectivity index (χ4v) is 2.17. The first kappa shape index (κ1) is 12.6. The Morgan fingerprint density at radius 2 is 2.27 bits per heavy atom. The minimum Gasteiger partial charge on any atom is -0.506 e. The number of hydrogen-bond donors (Lipinski definition) is 2. The number of phenols is 1. The molecule has 82 valence electrons. The lowest BCUT2D eigenvalue weighted by Crippen LogP contribution is -2.11. The van der Waals surface area contributed by atoms with Gasteiger partial charge in [-0.3, -0.25) is 0 Å². The average Bonchev–Trinajstić information content (AvgIpc) is 2.11. The summed E-state index contributed by atoms with van der Waals surface area (Å²) in [7, 11) is 0. The van der Waals surface area contributed by atoms with Gasteiger partial charge in [-0.1, -0.05) is 33.1 Å². The third-order valence-corrected chi connectivity index (χ3v) is 3.05. The van der Waals surface area contributed by atoms with E-state index in [2.05, 4.69) is 22.5 Å². The molecule has 1 aromatic carbocycles. The topological polar surface area (TPSA) is 46.2 Å². The van der Waals surface area contributed by atoms with E-state index < -0.39 is 0 Å². The Hall–Kier alpha value is -0.510. The van der Waals surface area contributed by atoms with Crippen LogP contribution in [0.5, 0.6) is 5.75 Å². The third-order valence-electron chi connectivity index (χ3n) is 2.05. The Bertz CT molecular complexity index is 392. The van der Waals surface area contributed by atoms with Gasteiger partial charge in [0.05, 0.1) is 5.02 Å². The van der Waals surface area contributed by atoms with Crippen molar-refractivity contribution in [1.82, 2.24) is 0 Å². The molecule has 3 N–H and O–H groups in total. The molecule has 0 radical (unpaired) electrons. The standard InChI is InChI=1S/C11H13BrClNO/c1-6(2)5-9(14)10-7(12)3-4-8(13)11(10)15/h3-4,9,15H,1,5,14H2,2H3/t9-/m0/s1.